The van der Waals surface area contributed by atoms with E-state index in [1.807, 2.05) is 6.07 Å². The van der Waals surface area contributed by atoms with Crippen molar-refractivity contribution in [1.29, 1.82) is 0 Å². The third kappa shape index (κ3) is 3.66. The Morgan fingerprint density at radius 1 is 1.11 bits per heavy atom. The number of benzene rings is 2. The normalized spacial score (nSPS) is 14.0. The van der Waals surface area contributed by atoms with Crippen molar-refractivity contribution >= 4 is 33.8 Å². The number of aromatic nitrogens is 1. The number of halogens is 1. The highest BCUT2D eigenvalue weighted by Gasteiger charge is 2.28. The van der Waals surface area contributed by atoms with Gasteiger partial charge in [-0.2, -0.15) is 0 Å². The van der Waals surface area contributed by atoms with Gasteiger partial charge in [0, 0.05) is 22.9 Å². The second-order valence-corrected chi connectivity index (χ2v) is 6.70. The van der Waals surface area contributed by atoms with E-state index in [-0.39, 0.29) is 11.5 Å². The Kier molecular flexibility index (Phi) is 4.56. The van der Waals surface area contributed by atoms with Gasteiger partial charge in [0.05, 0.1) is 11.1 Å². The average molecular weight is 422 g/mol. The quantitative estimate of drug-likeness (QED) is 0.349. The summed E-state index contributed by atoms with van der Waals surface area (Å²) in [6, 6.07) is 15.1. The van der Waals surface area contributed by atoms with Gasteiger partial charge in [0.2, 0.25) is 5.78 Å². The van der Waals surface area contributed by atoms with E-state index in [0.29, 0.717) is 22.6 Å². The molecular formula is C21H12BrNO4. The molecule has 132 valence electrons. The first-order valence-electron chi connectivity index (χ1n) is 8.06. The minimum absolute atomic E-state index is 0.203. The van der Waals surface area contributed by atoms with Crippen molar-refractivity contribution in [2.45, 2.75) is 0 Å². The van der Waals surface area contributed by atoms with Crippen LogP contribution >= 0.6 is 15.9 Å². The van der Waals surface area contributed by atoms with Crippen LogP contribution in [0.25, 0.3) is 6.08 Å². The van der Waals surface area contributed by atoms with E-state index < -0.39 is 5.97 Å². The van der Waals surface area contributed by atoms with Crippen LogP contribution in [0.1, 0.15) is 26.3 Å². The molecule has 0 saturated carbocycles. The fourth-order valence-corrected chi connectivity index (χ4v) is 2.86. The van der Waals surface area contributed by atoms with Crippen LogP contribution in [0.4, 0.5) is 0 Å². The summed E-state index contributed by atoms with van der Waals surface area (Å²) in [7, 11) is 0. The van der Waals surface area contributed by atoms with Gasteiger partial charge in [0.25, 0.3) is 0 Å². The van der Waals surface area contributed by atoms with Gasteiger partial charge < -0.3 is 9.47 Å². The number of esters is 1. The molecule has 0 saturated heterocycles. The molecular weight excluding hydrogens is 410 g/mol. The number of hydrogen-bond donors (Lipinski definition) is 0. The Hall–Kier alpha value is -3.25. The lowest BCUT2D eigenvalue weighted by Gasteiger charge is -2.05. The molecule has 0 unspecified atom stereocenters. The first-order chi connectivity index (χ1) is 13.1. The molecule has 0 radical (unpaired) electrons. The molecule has 1 aliphatic rings. The minimum Gasteiger partial charge on any atom is -0.452 e. The van der Waals surface area contributed by atoms with E-state index in [2.05, 4.69) is 20.9 Å². The van der Waals surface area contributed by atoms with Gasteiger partial charge in [0.15, 0.2) is 5.76 Å². The van der Waals surface area contributed by atoms with E-state index in [1.54, 1.807) is 60.9 Å². The van der Waals surface area contributed by atoms with E-state index in [4.69, 9.17) is 9.47 Å². The molecule has 1 aliphatic heterocycles. The molecule has 1 aromatic heterocycles. The molecule has 0 bridgehead atoms. The van der Waals surface area contributed by atoms with Crippen molar-refractivity contribution in [3.63, 3.8) is 0 Å². The molecule has 0 aliphatic carbocycles. The molecule has 4 rings (SSSR count). The summed E-state index contributed by atoms with van der Waals surface area (Å²) in [4.78, 5) is 28.7. The molecule has 27 heavy (non-hydrogen) atoms. The Balaban J connectivity index is 1.55. The zero-order chi connectivity index (χ0) is 18.8. The summed E-state index contributed by atoms with van der Waals surface area (Å²) < 4.78 is 11.9. The predicted octanol–water partition coefficient (Wildman–Crippen LogP) is 4.68. The number of nitrogens with zero attached hydrogens (tertiary/aromatic N) is 1. The van der Waals surface area contributed by atoms with E-state index in [0.717, 1.165) is 10.0 Å². The maximum atomic E-state index is 12.5. The van der Waals surface area contributed by atoms with Crippen molar-refractivity contribution < 1.29 is 19.1 Å². The van der Waals surface area contributed by atoms with Crippen LogP contribution in [0, 0.1) is 0 Å². The fourth-order valence-electron chi connectivity index (χ4n) is 2.60. The number of ketones is 1. The van der Waals surface area contributed by atoms with Crippen LogP contribution in [0.2, 0.25) is 0 Å². The maximum absolute atomic E-state index is 12.5. The van der Waals surface area contributed by atoms with Crippen LogP contribution in [0.15, 0.2) is 77.2 Å². The lowest BCUT2D eigenvalue weighted by molar-refractivity contribution is 0.0734. The molecule has 2 heterocycles. The van der Waals surface area contributed by atoms with E-state index in [9.17, 15) is 9.59 Å². The van der Waals surface area contributed by atoms with E-state index >= 15 is 0 Å². The number of carbonyl (C=O) groups excluding carboxylic acids is 2. The summed E-state index contributed by atoms with van der Waals surface area (Å²) in [6.07, 6.45) is 4.92. The zero-order valence-electron chi connectivity index (χ0n) is 13.9. The Morgan fingerprint density at radius 3 is 2.67 bits per heavy atom. The third-order valence-corrected chi connectivity index (χ3v) is 4.44. The predicted molar refractivity (Wildman–Crippen MR) is 103 cm³/mol. The monoisotopic (exact) mass is 421 g/mol. The number of rotatable bonds is 3. The van der Waals surface area contributed by atoms with Crippen molar-refractivity contribution in [1.82, 2.24) is 4.98 Å². The molecule has 0 spiro atoms. The first-order valence-corrected chi connectivity index (χ1v) is 8.85. The average Bonchev–Trinajstić information content (AvgIpc) is 2.98. The number of allylic oxidation sites excluding steroid dienone is 1. The SMILES string of the molecule is O=C(Oc1ccc2c(c1)O/C(=C\c1cccnc1)C2=O)c1ccc(Br)cc1. The van der Waals surface area contributed by atoms with Crippen molar-refractivity contribution in [3.05, 3.63) is 93.9 Å². The second kappa shape index (κ2) is 7.17. The standard InChI is InChI=1S/C21H12BrNO4/c22-15-5-3-14(4-6-15)21(25)26-16-7-8-17-18(11-16)27-19(20(17)24)10-13-2-1-9-23-12-13/h1-12H/b19-10-. The molecule has 2 aromatic carbocycles. The molecule has 0 atom stereocenters. The van der Waals surface area contributed by atoms with Crippen LogP contribution in [-0.4, -0.2) is 16.7 Å². The maximum Gasteiger partial charge on any atom is 0.343 e. The van der Waals surface area contributed by atoms with Crippen LogP contribution in [-0.2, 0) is 0 Å². The topological polar surface area (TPSA) is 65.5 Å². The van der Waals surface area contributed by atoms with Gasteiger partial charge in [-0.15, -0.1) is 0 Å². The third-order valence-electron chi connectivity index (χ3n) is 3.91. The van der Waals surface area contributed by atoms with Gasteiger partial charge in [-0.05, 0) is 54.1 Å². The van der Waals surface area contributed by atoms with Gasteiger partial charge in [-0.1, -0.05) is 22.0 Å². The Labute approximate surface area is 163 Å². The zero-order valence-corrected chi connectivity index (χ0v) is 15.5. The first kappa shape index (κ1) is 17.2. The second-order valence-electron chi connectivity index (χ2n) is 5.78. The number of Topliss-reactive ketones (excluding diaryl/α,β-unsaturated/α-hetero) is 1. The van der Waals surface area contributed by atoms with Crippen LogP contribution in [0.5, 0.6) is 11.5 Å². The van der Waals surface area contributed by atoms with Crippen LogP contribution < -0.4 is 9.47 Å². The minimum atomic E-state index is -0.488. The van der Waals surface area contributed by atoms with Crippen molar-refractivity contribution in [2.24, 2.45) is 0 Å². The number of hydrogen-bond acceptors (Lipinski definition) is 5. The lowest BCUT2D eigenvalue weighted by atomic mass is 10.1. The summed E-state index contributed by atoms with van der Waals surface area (Å²) in [5.74, 6) is 0.153. The molecule has 0 N–H and O–H groups in total. The molecule has 0 amide bonds. The highest BCUT2D eigenvalue weighted by molar-refractivity contribution is 9.10. The van der Waals surface area contributed by atoms with Gasteiger partial charge in [-0.3, -0.25) is 9.78 Å². The van der Waals surface area contributed by atoms with Gasteiger partial charge in [0.1, 0.15) is 11.5 Å². The largest absolute Gasteiger partial charge is 0.452 e. The van der Waals surface area contributed by atoms with Gasteiger partial charge >= 0.3 is 5.97 Å². The van der Waals surface area contributed by atoms with Gasteiger partial charge in [-0.25, -0.2) is 4.79 Å². The van der Waals surface area contributed by atoms with E-state index in [1.165, 1.54) is 6.07 Å². The molecule has 0 fully saturated rings. The van der Waals surface area contributed by atoms with Crippen molar-refractivity contribution in [3.8, 4) is 11.5 Å². The summed E-state index contributed by atoms with van der Waals surface area (Å²) in [5.41, 5.74) is 1.61. The smallest absolute Gasteiger partial charge is 0.343 e. The van der Waals surface area contributed by atoms with Crippen LogP contribution in [0.3, 0.4) is 0 Å². The lowest BCUT2D eigenvalue weighted by Crippen LogP contribution is -2.08. The highest BCUT2D eigenvalue weighted by atomic mass is 79.9. The molecule has 5 nitrogen and oxygen atoms in total. The van der Waals surface area contributed by atoms with Crippen molar-refractivity contribution in [2.75, 3.05) is 0 Å². The Bertz CT molecular complexity index is 1060. The number of ether oxygens (including phenoxy) is 2. The summed E-state index contributed by atoms with van der Waals surface area (Å²) >= 11 is 3.32. The molecule has 3 aromatic rings. The number of pyridine rings is 1. The summed E-state index contributed by atoms with van der Waals surface area (Å²) in [5, 5.41) is 0. The Morgan fingerprint density at radius 2 is 1.93 bits per heavy atom. The summed E-state index contributed by atoms with van der Waals surface area (Å²) in [6.45, 7) is 0. The highest BCUT2D eigenvalue weighted by Crippen LogP contribution is 2.35. The molecule has 6 heteroatoms. The number of fused-ring (bicyclic) bond motifs is 1. The number of carbonyl (C=O) groups is 2. The fraction of sp³-hybridized carbons (Fsp3) is 0.